The summed E-state index contributed by atoms with van der Waals surface area (Å²) in [4.78, 5) is 11.7. The molecule has 1 N–H and O–H groups in total. The highest BCUT2D eigenvalue weighted by Crippen LogP contribution is 2.29. The lowest BCUT2D eigenvalue weighted by molar-refractivity contribution is -0.145. The van der Waals surface area contributed by atoms with Gasteiger partial charge in [0, 0.05) is 24.5 Å². The van der Waals surface area contributed by atoms with Gasteiger partial charge < -0.3 is 9.84 Å². The molecule has 2 aromatic carbocycles. The molecule has 0 bridgehead atoms. The van der Waals surface area contributed by atoms with E-state index in [0.717, 1.165) is 12.5 Å². The number of rotatable bonds is 8. The molecule has 1 atom stereocenters. The molecule has 146 valence electrons. The first-order valence-corrected chi connectivity index (χ1v) is 9.13. The first-order valence-electron chi connectivity index (χ1n) is 9.13. The van der Waals surface area contributed by atoms with Gasteiger partial charge in [0.15, 0.2) is 0 Å². The number of hydrogen-bond acceptors (Lipinski definition) is 3. The molecule has 0 amide bonds. The molecule has 0 radical (unpaired) electrons. The summed E-state index contributed by atoms with van der Waals surface area (Å²) in [5, 5.41) is 10.7. The maximum absolute atomic E-state index is 13.9. The number of ether oxygens (including phenoxy) is 1. The Hall–Kier alpha value is -2.27. The van der Waals surface area contributed by atoms with Crippen LogP contribution in [0.5, 0.6) is 0 Å². The molecular formula is C22H26F2O3. The average molecular weight is 376 g/mol. The van der Waals surface area contributed by atoms with E-state index in [1.54, 1.807) is 31.2 Å². The fraction of sp³-hybridized carbons (Fsp3) is 0.409. The third-order valence-corrected chi connectivity index (χ3v) is 4.53. The van der Waals surface area contributed by atoms with Crippen molar-refractivity contribution in [1.29, 1.82) is 0 Å². The Morgan fingerprint density at radius 1 is 1.15 bits per heavy atom. The smallest absolute Gasteiger partial charge is 0.305 e. The van der Waals surface area contributed by atoms with Gasteiger partial charge in [0.25, 0.3) is 0 Å². The minimum Gasteiger partial charge on any atom is -0.466 e. The molecule has 2 aromatic rings. The summed E-state index contributed by atoms with van der Waals surface area (Å²) in [6.07, 6.45) is 1.40. The number of carbonyl (C=O) groups is 1. The Morgan fingerprint density at radius 2 is 1.81 bits per heavy atom. The number of benzene rings is 2. The number of halogens is 2. The fourth-order valence-corrected chi connectivity index (χ4v) is 2.72. The molecule has 0 aliphatic carbocycles. The molecule has 0 heterocycles. The predicted molar refractivity (Wildman–Crippen MR) is 101 cm³/mol. The van der Waals surface area contributed by atoms with Crippen molar-refractivity contribution in [3.05, 3.63) is 59.7 Å². The predicted octanol–water partition coefficient (Wildman–Crippen LogP) is 5.21. The van der Waals surface area contributed by atoms with E-state index in [1.807, 2.05) is 13.8 Å². The van der Waals surface area contributed by atoms with Gasteiger partial charge in [0.1, 0.15) is 11.6 Å². The summed E-state index contributed by atoms with van der Waals surface area (Å²) < 4.78 is 32.1. The highest BCUT2D eigenvalue weighted by atomic mass is 19.1. The summed E-state index contributed by atoms with van der Waals surface area (Å²) >= 11 is 0. The molecule has 27 heavy (non-hydrogen) atoms. The van der Waals surface area contributed by atoms with E-state index >= 15 is 0 Å². The molecule has 0 saturated heterocycles. The van der Waals surface area contributed by atoms with Gasteiger partial charge in [-0.05, 0) is 42.5 Å². The third-order valence-electron chi connectivity index (χ3n) is 4.53. The van der Waals surface area contributed by atoms with E-state index in [9.17, 15) is 18.7 Å². The molecule has 0 saturated carbocycles. The zero-order valence-electron chi connectivity index (χ0n) is 16.0. The molecule has 5 heteroatoms. The second-order valence-electron chi connectivity index (χ2n) is 7.38. The van der Waals surface area contributed by atoms with Crippen LogP contribution in [0.4, 0.5) is 8.78 Å². The van der Waals surface area contributed by atoms with E-state index in [1.165, 1.54) is 12.1 Å². The van der Waals surface area contributed by atoms with E-state index in [0.29, 0.717) is 29.0 Å². The van der Waals surface area contributed by atoms with Crippen LogP contribution in [0, 0.1) is 17.6 Å². The first kappa shape index (κ1) is 21.0. The third kappa shape index (κ3) is 6.14. The van der Waals surface area contributed by atoms with E-state index in [4.69, 9.17) is 4.74 Å². The van der Waals surface area contributed by atoms with Crippen LogP contribution in [0.3, 0.4) is 0 Å². The quantitative estimate of drug-likeness (QED) is 0.644. The molecule has 0 fully saturated rings. The Balaban J connectivity index is 1.97. The van der Waals surface area contributed by atoms with Crippen LogP contribution in [-0.4, -0.2) is 17.7 Å². The number of hydrogen-bond donors (Lipinski definition) is 1. The number of esters is 1. The summed E-state index contributed by atoms with van der Waals surface area (Å²) in [5.74, 6) is -1.09. The van der Waals surface area contributed by atoms with Crippen LogP contribution < -0.4 is 0 Å². The van der Waals surface area contributed by atoms with Crippen LogP contribution >= 0.6 is 0 Å². The van der Waals surface area contributed by atoms with Crippen LogP contribution in [-0.2, 0) is 15.1 Å². The largest absolute Gasteiger partial charge is 0.466 e. The summed E-state index contributed by atoms with van der Waals surface area (Å²) in [6, 6.07) is 10.2. The average Bonchev–Trinajstić information content (AvgIpc) is 2.60. The van der Waals surface area contributed by atoms with Crippen molar-refractivity contribution in [3.63, 3.8) is 0 Å². The molecule has 3 nitrogen and oxygen atoms in total. The zero-order valence-corrected chi connectivity index (χ0v) is 16.0. The van der Waals surface area contributed by atoms with Gasteiger partial charge in [-0.15, -0.1) is 0 Å². The molecule has 0 spiro atoms. The second-order valence-corrected chi connectivity index (χ2v) is 7.38. The lowest BCUT2D eigenvalue weighted by Crippen LogP contribution is -2.24. The van der Waals surface area contributed by atoms with Crippen molar-refractivity contribution in [1.82, 2.24) is 0 Å². The van der Waals surface area contributed by atoms with Gasteiger partial charge in [-0.2, -0.15) is 0 Å². The Morgan fingerprint density at radius 3 is 2.41 bits per heavy atom. The molecule has 0 aliphatic rings. The summed E-state index contributed by atoms with van der Waals surface area (Å²) in [6.45, 7) is 5.85. The maximum Gasteiger partial charge on any atom is 0.305 e. The minimum absolute atomic E-state index is 0.123. The van der Waals surface area contributed by atoms with E-state index < -0.39 is 17.2 Å². The summed E-state index contributed by atoms with van der Waals surface area (Å²) in [5.41, 5.74) is 0.332. The molecule has 0 aromatic heterocycles. The number of carbonyl (C=O) groups excluding carboxylic acids is 1. The van der Waals surface area contributed by atoms with E-state index in [-0.39, 0.29) is 19.0 Å². The van der Waals surface area contributed by atoms with Crippen LogP contribution in [0.15, 0.2) is 42.5 Å². The van der Waals surface area contributed by atoms with Crippen molar-refractivity contribution in [2.45, 2.75) is 45.6 Å². The Labute approximate surface area is 159 Å². The van der Waals surface area contributed by atoms with Crippen LogP contribution in [0.1, 0.15) is 45.6 Å². The maximum atomic E-state index is 13.9. The van der Waals surface area contributed by atoms with Crippen LogP contribution in [0.25, 0.3) is 11.1 Å². The van der Waals surface area contributed by atoms with Crippen molar-refractivity contribution >= 4 is 5.97 Å². The van der Waals surface area contributed by atoms with Crippen molar-refractivity contribution in [2.75, 3.05) is 6.61 Å². The first-order chi connectivity index (χ1) is 12.7. The Kier molecular flexibility index (Phi) is 7.08. The zero-order chi connectivity index (χ0) is 20.0. The standard InChI is InChI=1S/C22H26F2O3/c1-15(2)4-11-21(25)27-13-12-22(3,26)17-7-5-16(6-8-17)19-10-9-18(23)14-20(19)24/h5-10,14-15,26H,4,11-13H2,1-3H3. The molecule has 2 rings (SSSR count). The van der Waals surface area contributed by atoms with Gasteiger partial charge >= 0.3 is 5.97 Å². The van der Waals surface area contributed by atoms with Gasteiger partial charge in [-0.1, -0.05) is 38.1 Å². The number of aliphatic hydroxyl groups is 1. The van der Waals surface area contributed by atoms with Crippen molar-refractivity contribution in [2.24, 2.45) is 5.92 Å². The van der Waals surface area contributed by atoms with Gasteiger partial charge in [0.05, 0.1) is 12.2 Å². The Bertz CT molecular complexity index is 768. The van der Waals surface area contributed by atoms with Gasteiger partial charge in [-0.3, -0.25) is 4.79 Å². The highest BCUT2D eigenvalue weighted by Gasteiger charge is 2.23. The lowest BCUT2D eigenvalue weighted by Gasteiger charge is -2.24. The van der Waals surface area contributed by atoms with Crippen LogP contribution in [0.2, 0.25) is 0 Å². The summed E-state index contributed by atoms with van der Waals surface area (Å²) in [7, 11) is 0. The SMILES string of the molecule is CC(C)CCC(=O)OCCC(C)(O)c1ccc(-c2ccc(F)cc2F)cc1. The van der Waals surface area contributed by atoms with Crippen molar-refractivity contribution in [3.8, 4) is 11.1 Å². The second kappa shape index (κ2) is 9.09. The molecular weight excluding hydrogens is 350 g/mol. The van der Waals surface area contributed by atoms with E-state index in [2.05, 4.69) is 0 Å². The van der Waals surface area contributed by atoms with Crippen molar-refractivity contribution < 1.29 is 23.4 Å². The molecule has 1 unspecified atom stereocenters. The fourth-order valence-electron chi connectivity index (χ4n) is 2.72. The molecule has 0 aliphatic heterocycles. The van der Waals surface area contributed by atoms with Gasteiger partial charge in [0.2, 0.25) is 0 Å². The lowest BCUT2D eigenvalue weighted by atomic mass is 9.91. The van der Waals surface area contributed by atoms with Gasteiger partial charge in [-0.25, -0.2) is 8.78 Å². The highest BCUT2D eigenvalue weighted by molar-refractivity contribution is 5.69. The topological polar surface area (TPSA) is 46.5 Å². The normalized spacial score (nSPS) is 13.4. The minimum atomic E-state index is -1.18. The monoisotopic (exact) mass is 376 g/mol.